The third kappa shape index (κ3) is 11.4. The minimum Gasteiger partial charge on any atom is -0.356 e. The standard InChI is InChI=1S/C12H26N2O/c1-11(2)7-4-5-10-14-12(15)8-6-9-13-3/h11,13H,4-10H2,1-3H3,(H,14,15). The highest BCUT2D eigenvalue weighted by Gasteiger charge is 1.99. The summed E-state index contributed by atoms with van der Waals surface area (Å²) >= 11 is 0. The molecule has 90 valence electrons. The minimum atomic E-state index is 0.190. The topological polar surface area (TPSA) is 41.1 Å². The predicted octanol–water partition coefficient (Wildman–Crippen LogP) is 1.93. The summed E-state index contributed by atoms with van der Waals surface area (Å²) in [7, 11) is 1.91. The molecule has 15 heavy (non-hydrogen) atoms. The van der Waals surface area contributed by atoms with Crippen LogP contribution >= 0.6 is 0 Å². The van der Waals surface area contributed by atoms with Crippen LogP contribution in [0.15, 0.2) is 0 Å². The number of nitrogens with one attached hydrogen (secondary N) is 2. The lowest BCUT2D eigenvalue weighted by atomic mass is 10.1. The van der Waals surface area contributed by atoms with Gasteiger partial charge in [-0.05, 0) is 32.4 Å². The van der Waals surface area contributed by atoms with Crippen LogP contribution < -0.4 is 10.6 Å². The molecule has 0 heterocycles. The molecule has 0 spiro atoms. The van der Waals surface area contributed by atoms with Crippen LogP contribution in [-0.2, 0) is 4.79 Å². The average Bonchev–Trinajstić information content (AvgIpc) is 2.17. The highest BCUT2D eigenvalue weighted by atomic mass is 16.1. The number of rotatable bonds is 9. The van der Waals surface area contributed by atoms with Crippen molar-refractivity contribution in [1.29, 1.82) is 0 Å². The smallest absolute Gasteiger partial charge is 0.220 e. The molecule has 0 atom stereocenters. The van der Waals surface area contributed by atoms with E-state index in [1.54, 1.807) is 0 Å². The van der Waals surface area contributed by atoms with Crippen LogP contribution in [0, 0.1) is 5.92 Å². The van der Waals surface area contributed by atoms with Crippen molar-refractivity contribution in [3.05, 3.63) is 0 Å². The molecule has 3 nitrogen and oxygen atoms in total. The van der Waals surface area contributed by atoms with Crippen LogP contribution in [0.5, 0.6) is 0 Å². The number of amides is 1. The molecule has 1 amide bonds. The second-order valence-corrected chi connectivity index (χ2v) is 4.45. The molecule has 0 aliphatic heterocycles. The van der Waals surface area contributed by atoms with Gasteiger partial charge in [0.05, 0.1) is 0 Å². The van der Waals surface area contributed by atoms with Gasteiger partial charge in [0.25, 0.3) is 0 Å². The third-order valence-corrected chi connectivity index (χ3v) is 2.36. The summed E-state index contributed by atoms with van der Waals surface area (Å²) < 4.78 is 0. The molecule has 0 aromatic carbocycles. The predicted molar refractivity (Wildman–Crippen MR) is 64.9 cm³/mol. The van der Waals surface area contributed by atoms with Gasteiger partial charge in [-0.2, -0.15) is 0 Å². The average molecular weight is 214 g/mol. The molecule has 0 saturated carbocycles. The second kappa shape index (κ2) is 9.97. The van der Waals surface area contributed by atoms with Crippen molar-refractivity contribution in [2.45, 2.75) is 46.0 Å². The van der Waals surface area contributed by atoms with Crippen LogP contribution in [0.25, 0.3) is 0 Å². The van der Waals surface area contributed by atoms with Crippen LogP contribution in [0.4, 0.5) is 0 Å². The van der Waals surface area contributed by atoms with E-state index in [0.717, 1.165) is 31.8 Å². The van der Waals surface area contributed by atoms with E-state index in [2.05, 4.69) is 24.5 Å². The molecule has 0 saturated heterocycles. The Kier molecular flexibility index (Phi) is 9.59. The molecule has 2 N–H and O–H groups in total. The van der Waals surface area contributed by atoms with E-state index in [1.165, 1.54) is 12.8 Å². The summed E-state index contributed by atoms with van der Waals surface area (Å²) in [6, 6.07) is 0. The maximum atomic E-state index is 11.3. The Morgan fingerprint density at radius 2 is 1.87 bits per heavy atom. The van der Waals surface area contributed by atoms with Crippen molar-refractivity contribution in [3.8, 4) is 0 Å². The molecule has 0 aromatic rings. The van der Waals surface area contributed by atoms with Crippen molar-refractivity contribution in [2.75, 3.05) is 20.1 Å². The van der Waals surface area contributed by atoms with E-state index < -0.39 is 0 Å². The monoisotopic (exact) mass is 214 g/mol. The normalized spacial score (nSPS) is 10.7. The Bertz CT molecular complexity index is 158. The SMILES string of the molecule is CNCCCC(=O)NCCCCC(C)C. The number of carbonyl (C=O) groups excluding carboxylic acids is 1. The van der Waals surface area contributed by atoms with Crippen LogP contribution in [0.3, 0.4) is 0 Å². The number of unbranched alkanes of at least 4 members (excludes halogenated alkanes) is 1. The highest BCUT2D eigenvalue weighted by molar-refractivity contribution is 5.75. The van der Waals surface area contributed by atoms with E-state index in [4.69, 9.17) is 0 Å². The fraction of sp³-hybridized carbons (Fsp3) is 0.917. The molecule has 0 rings (SSSR count). The Labute approximate surface area is 94.0 Å². The third-order valence-electron chi connectivity index (χ3n) is 2.36. The van der Waals surface area contributed by atoms with Crippen LogP contribution in [0.2, 0.25) is 0 Å². The van der Waals surface area contributed by atoms with Crippen molar-refractivity contribution in [1.82, 2.24) is 10.6 Å². The largest absolute Gasteiger partial charge is 0.356 e. The van der Waals surface area contributed by atoms with E-state index in [1.807, 2.05) is 7.05 Å². The lowest BCUT2D eigenvalue weighted by molar-refractivity contribution is -0.121. The van der Waals surface area contributed by atoms with E-state index in [0.29, 0.717) is 6.42 Å². The minimum absolute atomic E-state index is 0.190. The van der Waals surface area contributed by atoms with Gasteiger partial charge < -0.3 is 10.6 Å². The fourth-order valence-electron chi connectivity index (χ4n) is 1.42. The molecule has 0 radical (unpaired) electrons. The summed E-state index contributed by atoms with van der Waals surface area (Å²) in [5, 5.41) is 5.98. The lowest BCUT2D eigenvalue weighted by Crippen LogP contribution is -2.25. The van der Waals surface area contributed by atoms with Gasteiger partial charge in [0.15, 0.2) is 0 Å². The van der Waals surface area contributed by atoms with Gasteiger partial charge in [-0.15, -0.1) is 0 Å². The molecule has 0 aromatic heterocycles. The molecule has 0 aliphatic rings. The molecule has 0 unspecified atom stereocenters. The van der Waals surface area contributed by atoms with Crippen molar-refractivity contribution in [2.24, 2.45) is 5.92 Å². The number of carbonyl (C=O) groups is 1. The van der Waals surface area contributed by atoms with Gasteiger partial charge in [0.1, 0.15) is 0 Å². The summed E-state index contributed by atoms with van der Waals surface area (Å²) in [6.07, 6.45) is 5.15. The summed E-state index contributed by atoms with van der Waals surface area (Å²) in [5.74, 6) is 0.964. The summed E-state index contributed by atoms with van der Waals surface area (Å²) in [6.45, 7) is 6.22. The molecule has 0 bridgehead atoms. The van der Waals surface area contributed by atoms with E-state index >= 15 is 0 Å². The van der Waals surface area contributed by atoms with Gasteiger partial charge in [-0.3, -0.25) is 4.79 Å². The van der Waals surface area contributed by atoms with Crippen molar-refractivity contribution >= 4 is 5.91 Å². The fourth-order valence-corrected chi connectivity index (χ4v) is 1.42. The quantitative estimate of drug-likeness (QED) is 0.576. The van der Waals surface area contributed by atoms with E-state index in [-0.39, 0.29) is 5.91 Å². The first-order valence-electron chi connectivity index (χ1n) is 6.08. The number of hydrogen-bond acceptors (Lipinski definition) is 2. The summed E-state index contributed by atoms with van der Waals surface area (Å²) in [5.41, 5.74) is 0. The van der Waals surface area contributed by atoms with E-state index in [9.17, 15) is 4.79 Å². The molecule has 0 aliphatic carbocycles. The molecular weight excluding hydrogens is 188 g/mol. The molecular formula is C12H26N2O. The second-order valence-electron chi connectivity index (χ2n) is 4.45. The first-order valence-corrected chi connectivity index (χ1v) is 6.08. The van der Waals surface area contributed by atoms with Gasteiger partial charge in [-0.25, -0.2) is 0 Å². The number of hydrogen-bond donors (Lipinski definition) is 2. The first-order chi connectivity index (χ1) is 7.16. The van der Waals surface area contributed by atoms with Crippen molar-refractivity contribution < 1.29 is 4.79 Å². The van der Waals surface area contributed by atoms with Crippen LogP contribution in [-0.4, -0.2) is 26.0 Å². The highest BCUT2D eigenvalue weighted by Crippen LogP contribution is 2.05. The van der Waals surface area contributed by atoms with Crippen molar-refractivity contribution in [3.63, 3.8) is 0 Å². The Balaban J connectivity index is 3.17. The summed E-state index contributed by atoms with van der Waals surface area (Å²) in [4.78, 5) is 11.3. The van der Waals surface area contributed by atoms with Gasteiger partial charge >= 0.3 is 0 Å². The van der Waals surface area contributed by atoms with Crippen LogP contribution in [0.1, 0.15) is 46.0 Å². The zero-order chi connectivity index (χ0) is 11.5. The Morgan fingerprint density at radius 3 is 2.47 bits per heavy atom. The maximum Gasteiger partial charge on any atom is 0.220 e. The first kappa shape index (κ1) is 14.4. The Hall–Kier alpha value is -0.570. The van der Waals surface area contributed by atoms with Gasteiger partial charge in [-0.1, -0.05) is 26.7 Å². The molecule has 3 heteroatoms. The molecule has 0 fully saturated rings. The lowest BCUT2D eigenvalue weighted by Gasteiger charge is -2.06. The van der Waals surface area contributed by atoms with Gasteiger partial charge in [0, 0.05) is 13.0 Å². The zero-order valence-electron chi connectivity index (χ0n) is 10.4. The van der Waals surface area contributed by atoms with Gasteiger partial charge in [0.2, 0.25) is 5.91 Å². The zero-order valence-corrected chi connectivity index (χ0v) is 10.4. The Morgan fingerprint density at radius 1 is 1.13 bits per heavy atom. The maximum absolute atomic E-state index is 11.3.